The Labute approximate surface area is 210 Å². The third kappa shape index (κ3) is 6.68. The molecule has 1 atom stereocenters. The molecule has 35 heavy (non-hydrogen) atoms. The summed E-state index contributed by atoms with van der Waals surface area (Å²) in [6.45, 7) is 4.57. The molecule has 2 heterocycles. The summed E-state index contributed by atoms with van der Waals surface area (Å²) >= 11 is 6.06. The van der Waals surface area contributed by atoms with Gasteiger partial charge in [0, 0.05) is 23.7 Å². The molecule has 1 aliphatic rings. The van der Waals surface area contributed by atoms with Crippen LogP contribution in [0.3, 0.4) is 0 Å². The maximum atomic E-state index is 13.1. The monoisotopic (exact) mass is 495 g/mol. The van der Waals surface area contributed by atoms with Gasteiger partial charge in [-0.1, -0.05) is 54.4 Å². The highest BCUT2D eigenvalue weighted by atomic mass is 35.5. The first-order valence-electron chi connectivity index (χ1n) is 12.0. The smallest absolute Gasteiger partial charge is 0.253 e. The molecular weight excluding hydrogens is 466 g/mol. The van der Waals surface area contributed by atoms with Crippen molar-refractivity contribution in [1.82, 2.24) is 20.4 Å². The van der Waals surface area contributed by atoms with Crippen molar-refractivity contribution in [3.8, 4) is 11.4 Å². The van der Waals surface area contributed by atoms with Gasteiger partial charge in [0.1, 0.15) is 0 Å². The van der Waals surface area contributed by atoms with E-state index in [1.165, 1.54) is 0 Å². The van der Waals surface area contributed by atoms with E-state index in [0.717, 1.165) is 37.8 Å². The number of hydrogen-bond donors (Lipinski definition) is 2. The topological polar surface area (TPSA) is 100 Å². The van der Waals surface area contributed by atoms with Gasteiger partial charge < -0.3 is 15.2 Å². The number of carbonyl (C=O) groups excluding carboxylic acids is 2. The number of anilines is 1. The van der Waals surface area contributed by atoms with Gasteiger partial charge in [-0.05, 0) is 50.1 Å². The number of hydrogen-bond acceptors (Lipinski definition) is 6. The van der Waals surface area contributed by atoms with Gasteiger partial charge in [-0.25, -0.2) is 0 Å². The summed E-state index contributed by atoms with van der Waals surface area (Å²) in [7, 11) is 0. The SMILES string of the molecule is CCCCNC(=O)c1ccccc1NC(=O)C1CCCN(Cc2nc(-c3cccc(Cl)c3)no2)C1. The summed E-state index contributed by atoms with van der Waals surface area (Å²) in [6.07, 6.45) is 3.58. The molecule has 2 aromatic carbocycles. The molecule has 2 amide bonds. The van der Waals surface area contributed by atoms with Crippen molar-refractivity contribution in [2.45, 2.75) is 39.2 Å². The lowest BCUT2D eigenvalue weighted by Gasteiger charge is -2.31. The highest BCUT2D eigenvalue weighted by Crippen LogP contribution is 2.24. The van der Waals surface area contributed by atoms with Crippen LogP contribution < -0.4 is 10.6 Å². The molecule has 184 valence electrons. The number of amides is 2. The van der Waals surface area contributed by atoms with Crippen molar-refractivity contribution in [3.05, 3.63) is 65.0 Å². The number of carbonyl (C=O) groups is 2. The van der Waals surface area contributed by atoms with Crippen molar-refractivity contribution < 1.29 is 14.1 Å². The largest absolute Gasteiger partial charge is 0.352 e. The molecule has 0 bridgehead atoms. The summed E-state index contributed by atoms with van der Waals surface area (Å²) in [5.41, 5.74) is 1.80. The second kappa shape index (κ2) is 12.0. The lowest BCUT2D eigenvalue weighted by atomic mass is 9.96. The molecule has 1 fully saturated rings. The molecule has 0 radical (unpaired) electrons. The first-order chi connectivity index (χ1) is 17.0. The quantitative estimate of drug-likeness (QED) is 0.415. The van der Waals surface area contributed by atoms with Crippen LogP contribution in [0.25, 0.3) is 11.4 Å². The Bertz CT molecular complexity index is 1170. The van der Waals surface area contributed by atoms with Crippen molar-refractivity contribution >= 4 is 29.1 Å². The maximum Gasteiger partial charge on any atom is 0.253 e. The van der Waals surface area contributed by atoms with Gasteiger partial charge in [0.05, 0.1) is 23.7 Å². The van der Waals surface area contributed by atoms with Crippen LogP contribution in [0.4, 0.5) is 5.69 Å². The predicted octanol–water partition coefficient (Wildman–Crippen LogP) is 4.77. The van der Waals surface area contributed by atoms with E-state index < -0.39 is 0 Å². The van der Waals surface area contributed by atoms with E-state index in [0.29, 0.717) is 47.6 Å². The number of rotatable bonds is 9. The molecule has 1 aliphatic heterocycles. The third-order valence-corrected chi connectivity index (χ3v) is 6.27. The van der Waals surface area contributed by atoms with Crippen LogP contribution in [0.2, 0.25) is 5.02 Å². The Hall–Kier alpha value is -3.23. The number of likely N-dealkylation sites (tertiary alicyclic amines) is 1. The van der Waals surface area contributed by atoms with E-state index in [1.54, 1.807) is 30.3 Å². The van der Waals surface area contributed by atoms with Crippen LogP contribution in [-0.4, -0.2) is 46.5 Å². The molecule has 0 aliphatic carbocycles. The van der Waals surface area contributed by atoms with Crippen molar-refractivity contribution in [1.29, 1.82) is 0 Å². The number of halogens is 1. The molecular formula is C26H30ClN5O3. The Morgan fingerprint density at radius 1 is 1.20 bits per heavy atom. The number of piperidine rings is 1. The summed E-state index contributed by atoms with van der Waals surface area (Å²) in [5, 5.41) is 10.6. The average molecular weight is 496 g/mol. The van der Waals surface area contributed by atoms with Crippen LogP contribution in [0.1, 0.15) is 48.9 Å². The minimum Gasteiger partial charge on any atom is -0.352 e. The molecule has 8 nitrogen and oxygen atoms in total. The Morgan fingerprint density at radius 2 is 2.06 bits per heavy atom. The van der Waals surface area contributed by atoms with E-state index in [1.807, 2.05) is 18.2 Å². The van der Waals surface area contributed by atoms with E-state index in [2.05, 4.69) is 32.6 Å². The molecule has 1 unspecified atom stereocenters. The predicted molar refractivity (Wildman–Crippen MR) is 135 cm³/mol. The van der Waals surface area contributed by atoms with Crippen molar-refractivity contribution in [2.24, 2.45) is 5.92 Å². The van der Waals surface area contributed by atoms with Crippen LogP contribution in [0.15, 0.2) is 53.1 Å². The third-order valence-electron chi connectivity index (χ3n) is 6.03. The Kier molecular flexibility index (Phi) is 8.50. The number of para-hydroxylation sites is 1. The Morgan fingerprint density at radius 3 is 2.89 bits per heavy atom. The van der Waals surface area contributed by atoms with Crippen LogP contribution in [-0.2, 0) is 11.3 Å². The number of aromatic nitrogens is 2. The van der Waals surface area contributed by atoms with Gasteiger partial charge in [0.25, 0.3) is 5.91 Å². The number of unbranched alkanes of at least 4 members (excludes halogenated alkanes) is 1. The summed E-state index contributed by atoms with van der Waals surface area (Å²) in [4.78, 5) is 32.3. The first kappa shape index (κ1) is 24.9. The molecule has 9 heteroatoms. The zero-order valence-electron chi connectivity index (χ0n) is 19.8. The fraction of sp³-hybridized carbons (Fsp3) is 0.385. The lowest BCUT2D eigenvalue weighted by Crippen LogP contribution is -2.40. The minimum absolute atomic E-state index is 0.0892. The molecule has 1 saturated heterocycles. The highest BCUT2D eigenvalue weighted by molar-refractivity contribution is 6.30. The minimum atomic E-state index is -0.199. The Balaban J connectivity index is 1.36. The summed E-state index contributed by atoms with van der Waals surface area (Å²) < 4.78 is 5.44. The zero-order valence-corrected chi connectivity index (χ0v) is 20.6. The molecule has 0 saturated carbocycles. The number of nitrogens with zero attached hydrogens (tertiary/aromatic N) is 3. The second-order valence-corrected chi connectivity index (χ2v) is 9.18. The maximum absolute atomic E-state index is 13.1. The van der Waals surface area contributed by atoms with Gasteiger partial charge in [-0.3, -0.25) is 14.5 Å². The van der Waals surface area contributed by atoms with Crippen molar-refractivity contribution in [2.75, 3.05) is 25.0 Å². The van der Waals surface area contributed by atoms with Crippen LogP contribution >= 0.6 is 11.6 Å². The fourth-order valence-corrected chi connectivity index (χ4v) is 4.36. The van der Waals surface area contributed by atoms with E-state index in [9.17, 15) is 9.59 Å². The summed E-state index contributed by atoms with van der Waals surface area (Å²) in [6, 6.07) is 14.4. The molecule has 2 N–H and O–H groups in total. The van der Waals surface area contributed by atoms with Gasteiger partial charge in [0.15, 0.2) is 0 Å². The number of benzene rings is 2. The first-order valence-corrected chi connectivity index (χ1v) is 12.4. The highest BCUT2D eigenvalue weighted by Gasteiger charge is 2.28. The molecule has 0 spiro atoms. The van der Waals surface area contributed by atoms with E-state index in [4.69, 9.17) is 16.1 Å². The molecule has 3 aromatic rings. The fourth-order valence-electron chi connectivity index (χ4n) is 4.17. The zero-order chi connectivity index (χ0) is 24.6. The van der Waals surface area contributed by atoms with E-state index in [-0.39, 0.29) is 17.7 Å². The normalized spacial score (nSPS) is 16.1. The van der Waals surface area contributed by atoms with Crippen molar-refractivity contribution in [3.63, 3.8) is 0 Å². The second-order valence-electron chi connectivity index (χ2n) is 8.74. The average Bonchev–Trinajstić information content (AvgIpc) is 3.33. The van der Waals surface area contributed by atoms with Gasteiger partial charge in [-0.15, -0.1) is 0 Å². The standard InChI is InChI=1S/C26H30ClN5O3/c1-2-3-13-28-26(34)21-11-4-5-12-22(21)29-25(33)19-9-7-14-32(16-19)17-23-30-24(31-35-23)18-8-6-10-20(27)15-18/h4-6,8,10-12,15,19H,2-3,7,9,13-14,16-17H2,1H3,(H,28,34)(H,29,33). The van der Waals surface area contributed by atoms with Gasteiger partial charge in [0.2, 0.25) is 17.6 Å². The lowest BCUT2D eigenvalue weighted by molar-refractivity contribution is -0.121. The van der Waals surface area contributed by atoms with Gasteiger partial charge in [-0.2, -0.15) is 4.98 Å². The summed E-state index contributed by atoms with van der Waals surface area (Å²) in [5.74, 6) is 0.521. The number of nitrogens with one attached hydrogen (secondary N) is 2. The van der Waals surface area contributed by atoms with Gasteiger partial charge >= 0.3 is 0 Å². The van der Waals surface area contributed by atoms with Crippen LogP contribution in [0, 0.1) is 5.92 Å². The van der Waals surface area contributed by atoms with E-state index >= 15 is 0 Å². The molecule has 4 rings (SSSR count). The molecule has 1 aromatic heterocycles. The van der Waals surface area contributed by atoms with Crippen LogP contribution in [0.5, 0.6) is 0 Å².